The molecule has 9 nitrogen and oxygen atoms in total. The third-order valence-corrected chi connectivity index (χ3v) is 6.26. The fourth-order valence-electron chi connectivity index (χ4n) is 4.45. The fourth-order valence-corrected chi connectivity index (χ4v) is 4.45. The van der Waals surface area contributed by atoms with Gasteiger partial charge in [-0.25, -0.2) is 19.3 Å². The van der Waals surface area contributed by atoms with Crippen LogP contribution in [0.4, 0.5) is 10.2 Å². The Kier molecular flexibility index (Phi) is 5.77. The van der Waals surface area contributed by atoms with Gasteiger partial charge in [0.15, 0.2) is 0 Å². The van der Waals surface area contributed by atoms with Crippen LogP contribution in [-0.2, 0) is 4.74 Å². The third-order valence-electron chi connectivity index (χ3n) is 6.26. The van der Waals surface area contributed by atoms with Gasteiger partial charge in [0.05, 0.1) is 56.2 Å². The molecule has 4 atom stereocenters. The molecule has 0 amide bonds. The van der Waals surface area contributed by atoms with Crippen LogP contribution in [0.5, 0.6) is 11.6 Å². The Balaban J connectivity index is 1.35. The van der Waals surface area contributed by atoms with E-state index in [0.29, 0.717) is 48.3 Å². The number of hydrogen-bond donors (Lipinski definition) is 2. The highest BCUT2D eigenvalue weighted by molar-refractivity contribution is 5.73. The fraction of sp³-hybridized carbons (Fsp3) is 0.391. The van der Waals surface area contributed by atoms with Crippen LogP contribution in [0, 0.1) is 0 Å². The highest BCUT2D eigenvalue weighted by atomic mass is 19.1. The second-order valence-corrected chi connectivity index (χ2v) is 8.30. The van der Waals surface area contributed by atoms with Gasteiger partial charge in [0.25, 0.3) is 0 Å². The van der Waals surface area contributed by atoms with Gasteiger partial charge < -0.3 is 24.8 Å². The summed E-state index contributed by atoms with van der Waals surface area (Å²) >= 11 is 0. The molecular weight excluding hydrogens is 427 g/mol. The highest BCUT2D eigenvalue weighted by Crippen LogP contribution is 2.33. The molecule has 5 rings (SSSR count). The number of phenols is 1. The lowest BCUT2D eigenvalue weighted by Gasteiger charge is -2.45. The molecule has 2 aliphatic rings. The minimum absolute atomic E-state index is 0.0514. The van der Waals surface area contributed by atoms with E-state index in [1.807, 2.05) is 18.0 Å². The predicted molar refractivity (Wildman–Crippen MR) is 120 cm³/mol. The number of aromatic hydroxyl groups is 1. The minimum Gasteiger partial charge on any atom is -0.507 e. The van der Waals surface area contributed by atoms with Gasteiger partial charge in [-0.05, 0) is 18.6 Å². The van der Waals surface area contributed by atoms with Gasteiger partial charge in [-0.3, -0.25) is 4.98 Å². The van der Waals surface area contributed by atoms with Crippen LogP contribution in [-0.4, -0.2) is 76.7 Å². The molecule has 172 valence electrons. The number of fused-ring (bicyclic) bond motifs is 2. The van der Waals surface area contributed by atoms with Gasteiger partial charge in [0.2, 0.25) is 5.88 Å². The number of nitrogens with zero attached hydrogens (tertiary/aromatic N) is 5. The maximum atomic E-state index is 15.0. The molecular formula is C23H25FN6O3. The van der Waals surface area contributed by atoms with Gasteiger partial charge in [-0.15, -0.1) is 0 Å². The smallest absolute Gasteiger partial charge is 0.216 e. The minimum atomic E-state index is -1.06. The number of aromatic nitrogens is 4. The molecule has 0 saturated carbocycles. The quantitative estimate of drug-likeness (QED) is 0.603. The lowest BCUT2D eigenvalue weighted by atomic mass is 9.90. The van der Waals surface area contributed by atoms with Crippen LogP contribution < -0.4 is 15.0 Å². The Morgan fingerprint density at radius 2 is 2.00 bits per heavy atom. The third kappa shape index (κ3) is 4.19. The lowest BCUT2D eigenvalue weighted by Crippen LogP contribution is -2.65. The zero-order valence-corrected chi connectivity index (χ0v) is 18.3. The zero-order valence-electron chi connectivity index (χ0n) is 18.3. The number of phenolic OH excluding ortho intramolecular Hbond substituents is 1. The maximum Gasteiger partial charge on any atom is 0.216 e. The average Bonchev–Trinajstić information content (AvgIpc) is 2.86. The van der Waals surface area contributed by atoms with Gasteiger partial charge in [0.1, 0.15) is 24.1 Å². The van der Waals surface area contributed by atoms with E-state index in [9.17, 15) is 9.50 Å². The normalized spacial score (nSPS) is 24.3. The van der Waals surface area contributed by atoms with E-state index in [-0.39, 0.29) is 23.9 Å². The van der Waals surface area contributed by atoms with Crippen molar-refractivity contribution in [1.82, 2.24) is 25.3 Å². The number of methoxy groups -OCH3 is 1. The van der Waals surface area contributed by atoms with E-state index in [4.69, 9.17) is 9.47 Å². The second-order valence-electron chi connectivity index (χ2n) is 8.30. The molecule has 10 heteroatoms. The van der Waals surface area contributed by atoms with Crippen LogP contribution in [0.25, 0.3) is 22.5 Å². The van der Waals surface area contributed by atoms with Crippen LogP contribution in [0.15, 0.2) is 43.0 Å². The van der Waals surface area contributed by atoms with E-state index >= 15 is 0 Å². The molecule has 1 unspecified atom stereocenters. The first-order valence-electron chi connectivity index (χ1n) is 10.8. The van der Waals surface area contributed by atoms with Crippen LogP contribution in [0.2, 0.25) is 0 Å². The van der Waals surface area contributed by atoms with Crippen molar-refractivity contribution in [1.29, 1.82) is 0 Å². The molecule has 0 aliphatic carbocycles. The van der Waals surface area contributed by atoms with Crippen molar-refractivity contribution in [2.75, 3.05) is 32.3 Å². The summed E-state index contributed by atoms with van der Waals surface area (Å²) in [5.74, 6) is 1.07. The second kappa shape index (κ2) is 8.87. The van der Waals surface area contributed by atoms with Crippen molar-refractivity contribution in [2.24, 2.45) is 0 Å². The monoisotopic (exact) mass is 452 g/mol. The Morgan fingerprint density at radius 1 is 1.12 bits per heavy atom. The average molecular weight is 452 g/mol. The van der Waals surface area contributed by atoms with Gasteiger partial charge in [-0.2, -0.15) is 0 Å². The molecule has 33 heavy (non-hydrogen) atoms. The summed E-state index contributed by atoms with van der Waals surface area (Å²) in [6.45, 7) is 0.971. The van der Waals surface area contributed by atoms with Gasteiger partial charge in [0, 0.05) is 30.3 Å². The highest BCUT2D eigenvalue weighted by Gasteiger charge is 2.42. The lowest BCUT2D eigenvalue weighted by molar-refractivity contribution is -0.0175. The molecule has 0 spiro atoms. The molecule has 2 aliphatic heterocycles. The standard InChI is InChI=1S/C23H25FN6O3/c1-30(19-6-14-10-33-11-18(29-14)23(19)24)21-9-25-17(8-26-21)15-4-3-13(5-20(15)31)16-7-22(32-2)28-12-27-16/h3-5,7-9,12,14,18-19,23,29,31H,6,10-11H2,1-2H3/t14-,18?,19+,23-/m1/s1. The number of ether oxygens (including phenoxy) is 2. The molecule has 4 heterocycles. The van der Waals surface area contributed by atoms with Crippen molar-refractivity contribution < 1.29 is 19.0 Å². The largest absolute Gasteiger partial charge is 0.507 e. The number of piperidine rings is 1. The van der Waals surface area contributed by atoms with Crippen molar-refractivity contribution in [3.63, 3.8) is 0 Å². The first-order valence-corrected chi connectivity index (χ1v) is 10.8. The maximum absolute atomic E-state index is 15.0. The molecule has 2 N–H and O–H groups in total. The van der Waals surface area contributed by atoms with E-state index in [1.54, 1.807) is 30.6 Å². The Morgan fingerprint density at radius 3 is 2.76 bits per heavy atom. The summed E-state index contributed by atoms with van der Waals surface area (Å²) in [4.78, 5) is 19.0. The Hall–Kier alpha value is -3.37. The van der Waals surface area contributed by atoms with Gasteiger partial charge in [-0.1, -0.05) is 6.07 Å². The SMILES string of the molecule is COc1cc(-c2ccc(-c3cnc(N(C)[C@H]4C[C@@H]5COCC(N5)[C@H]4F)cn3)c(O)c2)ncn1. The molecule has 2 bridgehead atoms. The first kappa shape index (κ1) is 21.5. The van der Waals surface area contributed by atoms with E-state index in [1.165, 1.54) is 13.4 Å². The summed E-state index contributed by atoms with van der Waals surface area (Å²) in [7, 11) is 3.37. The molecule has 1 aromatic carbocycles. The van der Waals surface area contributed by atoms with E-state index in [0.717, 1.165) is 5.56 Å². The number of benzene rings is 1. The number of rotatable bonds is 5. The van der Waals surface area contributed by atoms with Crippen molar-refractivity contribution in [2.45, 2.75) is 30.7 Å². The summed E-state index contributed by atoms with van der Waals surface area (Å²) in [5.41, 5.74) is 2.41. The number of nitrogens with one attached hydrogen (secondary N) is 1. The number of hydrogen-bond acceptors (Lipinski definition) is 9. The molecule has 3 aromatic rings. The van der Waals surface area contributed by atoms with Crippen molar-refractivity contribution in [3.05, 3.63) is 43.0 Å². The van der Waals surface area contributed by atoms with Gasteiger partial charge >= 0.3 is 0 Å². The molecule has 2 aromatic heterocycles. The number of halogens is 1. The Labute approximate surface area is 190 Å². The molecule has 2 fully saturated rings. The topological polar surface area (TPSA) is 106 Å². The number of morpholine rings is 1. The predicted octanol–water partition coefficient (Wildman–Crippen LogP) is 2.22. The number of anilines is 1. The summed E-state index contributed by atoms with van der Waals surface area (Å²) in [6.07, 6.45) is 4.17. The zero-order chi connectivity index (χ0) is 22.9. The number of alkyl halides is 1. The van der Waals surface area contributed by atoms with Crippen LogP contribution in [0.3, 0.4) is 0 Å². The Bertz CT molecular complexity index is 1130. The van der Waals surface area contributed by atoms with Crippen molar-refractivity contribution in [3.8, 4) is 34.1 Å². The summed E-state index contributed by atoms with van der Waals surface area (Å²) < 4.78 is 25.6. The van der Waals surface area contributed by atoms with Crippen LogP contribution in [0.1, 0.15) is 6.42 Å². The van der Waals surface area contributed by atoms with E-state index in [2.05, 4.69) is 25.3 Å². The summed E-state index contributed by atoms with van der Waals surface area (Å²) in [5, 5.41) is 13.9. The summed E-state index contributed by atoms with van der Waals surface area (Å²) in [6, 6.07) is 6.44. The molecule has 0 radical (unpaired) electrons. The van der Waals surface area contributed by atoms with E-state index < -0.39 is 6.17 Å². The molecule has 2 saturated heterocycles. The first-order chi connectivity index (χ1) is 16.0. The van der Waals surface area contributed by atoms with Crippen LogP contribution >= 0.6 is 0 Å². The van der Waals surface area contributed by atoms with Crippen molar-refractivity contribution >= 4 is 5.82 Å².